The summed E-state index contributed by atoms with van der Waals surface area (Å²) in [6, 6.07) is 86.0. The molecule has 1 aromatic heterocycles. The molecule has 0 unspecified atom stereocenters. The Bertz CT molecular complexity index is 2890. The van der Waals surface area contributed by atoms with Crippen molar-refractivity contribution >= 4 is 0 Å². The number of hydrogen-bond donors (Lipinski definition) is 0. The van der Waals surface area contributed by atoms with Gasteiger partial charge in [-0.05, 0) is 109 Å². The van der Waals surface area contributed by atoms with Crippen molar-refractivity contribution in [2.24, 2.45) is 0 Å². The lowest BCUT2D eigenvalue weighted by atomic mass is 9.95. The Morgan fingerprint density at radius 1 is 0.167 bits per heavy atom. The van der Waals surface area contributed by atoms with Crippen molar-refractivity contribution in [2.45, 2.75) is 0 Å². The topological polar surface area (TPSA) is 25.8 Å². The number of benzene rings is 9. The van der Waals surface area contributed by atoms with E-state index in [0.29, 0.717) is 5.82 Å². The Morgan fingerprint density at radius 2 is 0.400 bits per heavy atom. The molecular formula is C58H40N2. The molecule has 0 radical (unpaired) electrons. The molecule has 282 valence electrons. The maximum absolute atomic E-state index is 5.27. The molecule has 0 atom stereocenters. The van der Waals surface area contributed by atoms with Gasteiger partial charge in [-0.3, -0.25) is 0 Å². The van der Waals surface area contributed by atoms with Crippen molar-refractivity contribution < 1.29 is 0 Å². The fourth-order valence-electron chi connectivity index (χ4n) is 7.95. The van der Waals surface area contributed by atoms with Gasteiger partial charge in [-0.25, -0.2) is 9.97 Å². The van der Waals surface area contributed by atoms with Crippen LogP contribution in [0.1, 0.15) is 0 Å². The van der Waals surface area contributed by atoms with Crippen LogP contribution in [0.15, 0.2) is 243 Å². The van der Waals surface area contributed by atoms with E-state index in [1.807, 2.05) is 6.07 Å². The SMILES string of the molecule is c1ccc(-c2cccc(-c3cccc(-c4cccc(-c5cc(-c6ccccc6)nc(-c6cccc(-c7cccc(-c8cccc(-c9ccccc9)c8)c7)c6)n5)c4)c3)c2)cc1. The van der Waals surface area contributed by atoms with E-state index in [9.17, 15) is 0 Å². The molecule has 10 rings (SSSR count). The number of rotatable bonds is 9. The van der Waals surface area contributed by atoms with Crippen molar-refractivity contribution in [3.63, 3.8) is 0 Å². The Morgan fingerprint density at radius 3 is 0.767 bits per heavy atom. The summed E-state index contributed by atoms with van der Waals surface area (Å²) in [6.07, 6.45) is 0. The fourth-order valence-corrected chi connectivity index (χ4v) is 7.95. The van der Waals surface area contributed by atoms with Gasteiger partial charge in [0, 0.05) is 16.7 Å². The third kappa shape index (κ3) is 7.83. The third-order valence-corrected chi connectivity index (χ3v) is 11.1. The van der Waals surface area contributed by atoms with Crippen LogP contribution in [0.3, 0.4) is 0 Å². The molecule has 2 heteroatoms. The first-order valence-corrected chi connectivity index (χ1v) is 20.4. The van der Waals surface area contributed by atoms with Crippen LogP contribution in [0.5, 0.6) is 0 Å². The van der Waals surface area contributed by atoms with Crippen LogP contribution in [-0.4, -0.2) is 9.97 Å². The van der Waals surface area contributed by atoms with Crippen LogP contribution in [0.25, 0.3) is 101 Å². The van der Waals surface area contributed by atoms with E-state index in [1.165, 1.54) is 44.5 Å². The van der Waals surface area contributed by atoms with Gasteiger partial charge in [0.15, 0.2) is 5.82 Å². The van der Waals surface area contributed by atoms with Crippen LogP contribution < -0.4 is 0 Å². The Balaban J connectivity index is 0.997. The van der Waals surface area contributed by atoms with Crippen molar-refractivity contribution in [1.29, 1.82) is 0 Å². The standard InChI is InChI=1S/C58H40N2/c1-4-16-41(17-5-1)44-22-10-24-46(34-44)48-26-12-28-50(36-48)52-30-14-32-54(38-52)57-40-56(43-20-8-3-9-21-43)59-58(60-57)55-33-15-31-53(39-55)51-29-13-27-49(37-51)47-25-11-23-45(35-47)42-18-6-2-7-19-42/h1-40H. The zero-order chi connectivity index (χ0) is 40.1. The van der Waals surface area contributed by atoms with E-state index in [2.05, 4.69) is 237 Å². The quantitative estimate of drug-likeness (QED) is 0.146. The largest absolute Gasteiger partial charge is 0.228 e. The van der Waals surface area contributed by atoms with E-state index < -0.39 is 0 Å². The maximum Gasteiger partial charge on any atom is 0.160 e. The first-order chi connectivity index (χ1) is 29.7. The summed E-state index contributed by atoms with van der Waals surface area (Å²) < 4.78 is 0. The minimum atomic E-state index is 0.686. The molecule has 2 nitrogen and oxygen atoms in total. The molecular weight excluding hydrogens is 725 g/mol. The molecule has 0 spiro atoms. The Kier molecular flexibility index (Phi) is 10.0. The summed E-state index contributed by atoms with van der Waals surface area (Å²) in [4.78, 5) is 10.4. The summed E-state index contributed by atoms with van der Waals surface area (Å²) in [5.74, 6) is 0.686. The Hall–Kier alpha value is -7.94. The highest BCUT2D eigenvalue weighted by molar-refractivity contribution is 5.82. The molecule has 0 aliphatic rings. The first kappa shape index (κ1) is 36.4. The van der Waals surface area contributed by atoms with Crippen LogP contribution >= 0.6 is 0 Å². The van der Waals surface area contributed by atoms with E-state index in [4.69, 9.17) is 9.97 Å². The second-order valence-electron chi connectivity index (χ2n) is 15.0. The maximum atomic E-state index is 5.27. The average Bonchev–Trinajstić information content (AvgIpc) is 3.35. The average molecular weight is 765 g/mol. The number of nitrogens with zero attached hydrogens (tertiary/aromatic N) is 2. The van der Waals surface area contributed by atoms with Gasteiger partial charge >= 0.3 is 0 Å². The van der Waals surface area contributed by atoms with Gasteiger partial charge < -0.3 is 0 Å². The van der Waals surface area contributed by atoms with E-state index in [-0.39, 0.29) is 0 Å². The van der Waals surface area contributed by atoms with Gasteiger partial charge in [0.05, 0.1) is 11.4 Å². The van der Waals surface area contributed by atoms with E-state index in [1.54, 1.807) is 0 Å². The molecule has 0 saturated carbocycles. The normalized spacial score (nSPS) is 11.0. The molecule has 0 aliphatic heterocycles. The van der Waals surface area contributed by atoms with Crippen LogP contribution in [-0.2, 0) is 0 Å². The lowest BCUT2D eigenvalue weighted by Crippen LogP contribution is -1.96. The lowest BCUT2D eigenvalue weighted by molar-refractivity contribution is 1.18. The van der Waals surface area contributed by atoms with Crippen LogP contribution in [0.4, 0.5) is 0 Å². The zero-order valence-corrected chi connectivity index (χ0v) is 33.0. The highest BCUT2D eigenvalue weighted by Gasteiger charge is 2.14. The first-order valence-electron chi connectivity index (χ1n) is 20.4. The fraction of sp³-hybridized carbons (Fsp3) is 0. The molecule has 1 heterocycles. The summed E-state index contributed by atoms with van der Waals surface area (Å²) in [5.41, 5.74) is 18.9. The molecule has 0 bridgehead atoms. The predicted octanol–water partition coefficient (Wildman–Crippen LogP) is 15.5. The summed E-state index contributed by atoms with van der Waals surface area (Å²) in [7, 11) is 0. The predicted molar refractivity (Wildman–Crippen MR) is 251 cm³/mol. The van der Waals surface area contributed by atoms with Gasteiger partial charge in [-0.15, -0.1) is 0 Å². The van der Waals surface area contributed by atoms with Crippen molar-refractivity contribution in [3.8, 4) is 101 Å². The van der Waals surface area contributed by atoms with Crippen LogP contribution in [0, 0.1) is 0 Å². The highest BCUT2D eigenvalue weighted by Crippen LogP contribution is 2.35. The molecule has 0 fully saturated rings. The molecule has 0 aliphatic carbocycles. The van der Waals surface area contributed by atoms with Crippen LogP contribution in [0.2, 0.25) is 0 Å². The second kappa shape index (κ2) is 16.5. The lowest BCUT2D eigenvalue weighted by Gasteiger charge is -2.12. The number of hydrogen-bond acceptors (Lipinski definition) is 2. The van der Waals surface area contributed by atoms with E-state index in [0.717, 1.165) is 50.3 Å². The minimum Gasteiger partial charge on any atom is -0.228 e. The minimum absolute atomic E-state index is 0.686. The third-order valence-electron chi connectivity index (χ3n) is 11.1. The summed E-state index contributed by atoms with van der Waals surface area (Å²) in [6.45, 7) is 0. The Labute approximate surface area is 351 Å². The molecule has 0 N–H and O–H groups in total. The summed E-state index contributed by atoms with van der Waals surface area (Å²) in [5, 5.41) is 0. The smallest absolute Gasteiger partial charge is 0.160 e. The molecule has 9 aromatic carbocycles. The summed E-state index contributed by atoms with van der Waals surface area (Å²) >= 11 is 0. The second-order valence-corrected chi connectivity index (χ2v) is 15.0. The van der Waals surface area contributed by atoms with E-state index >= 15 is 0 Å². The number of aromatic nitrogens is 2. The molecule has 10 aromatic rings. The molecule has 0 saturated heterocycles. The van der Waals surface area contributed by atoms with Gasteiger partial charge in [0.25, 0.3) is 0 Å². The monoisotopic (exact) mass is 764 g/mol. The zero-order valence-electron chi connectivity index (χ0n) is 33.0. The molecule has 0 amide bonds. The van der Waals surface area contributed by atoms with Gasteiger partial charge in [-0.1, -0.05) is 200 Å². The van der Waals surface area contributed by atoms with Gasteiger partial charge in [0.1, 0.15) is 0 Å². The molecule has 60 heavy (non-hydrogen) atoms. The van der Waals surface area contributed by atoms with Crippen molar-refractivity contribution in [3.05, 3.63) is 243 Å². The van der Waals surface area contributed by atoms with Crippen molar-refractivity contribution in [2.75, 3.05) is 0 Å². The van der Waals surface area contributed by atoms with Gasteiger partial charge in [-0.2, -0.15) is 0 Å². The van der Waals surface area contributed by atoms with Crippen molar-refractivity contribution in [1.82, 2.24) is 9.97 Å². The van der Waals surface area contributed by atoms with Gasteiger partial charge in [0.2, 0.25) is 0 Å². The highest BCUT2D eigenvalue weighted by atomic mass is 14.9.